The van der Waals surface area contributed by atoms with Gasteiger partial charge >= 0.3 is 5.97 Å². The van der Waals surface area contributed by atoms with Crippen LogP contribution in [0.4, 0.5) is 5.69 Å². The van der Waals surface area contributed by atoms with Gasteiger partial charge in [-0.2, -0.15) is 0 Å². The maximum Gasteiger partial charge on any atom is 0.338 e. The first-order valence-corrected chi connectivity index (χ1v) is 8.06. The highest BCUT2D eigenvalue weighted by Crippen LogP contribution is 2.24. The number of nitro groups is 1. The molecule has 25 heavy (non-hydrogen) atoms. The van der Waals surface area contributed by atoms with E-state index in [0.29, 0.717) is 0 Å². The molecule has 0 saturated carbocycles. The van der Waals surface area contributed by atoms with Gasteiger partial charge in [-0.1, -0.05) is 34.1 Å². The van der Waals surface area contributed by atoms with Crippen LogP contribution in [0, 0.1) is 10.1 Å². The molecule has 0 heterocycles. The first-order valence-electron chi connectivity index (χ1n) is 7.26. The molecule has 1 atom stereocenters. The predicted octanol–water partition coefficient (Wildman–Crippen LogP) is 3.63. The maximum atomic E-state index is 12.5. The molecular weight excluding hydrogens is 392 g/mol. The second-order valence-corrected chi connectivity index (χ2v) is 6.09. The lowest BCUT2D eigenvalue weighted by Crippen LogP contribution is -2.27. The largest absolute Gasteiger partial charge is 0.465 e. The topological polar surface area (TPSA) is 98.5 Å². The highest BCUT2D eigenvalue weighted by molar-refractivity contribution is 9.10. The lowest BCUT2D eigenvalue weighted by molar-refractivity contribution is -0.384. The Balaban J connectivity index is 2.32. The van der Waals surface area contributed by atoms with Crippen molar-refractivity contribution in [2.24, 2.45) is 0 Å². The summed E-state index contributed by atoms with van der Waals surface area (Å²) in [5.74, 6) is -1.28. The van der Waals surface area contributed by atoms with Gasteiger partial charge in [0, 0.05) is 22.2 Å². The van der Waals surface area contributed by atoms with E-state index in [1.165, 1.54) is 6.07 Å². The van der Waals surface area contributed by atoms with E-state index in [1.54, 1.807) is 6.92 Å². The van der Waals surface area contributed by atoms with Gasteiger partial charge in [-0.05, 0) is 24.6 Å². The van der Waals surface area contributed by atoms with Crippen molar-refractivity contribution in [1.82, 2.24) is 5.32 Å². The van der Waals surface area contributed by atoms with Crippen molar-refractivity contribution in [2.45, 2.75) is 13.0 Å². The van der Waals surface area contributed by atoms with Crippen LogP contribution in [0.3, 0.4) is 0 Å². The van der Waals surface area contributed by atoms with Gasteiger partial charge in [-0.15, -0.1) is 0 Å². The molecule has 2 rings (SSSR count). The van der Waals surface area contributed by atoms with Crippen LogP contribution in [0.1, 0.15) is 39.2 Å². The number of non-ortho nitro benzene ring substituents is 1. The van der Waals surface area contributed by atoms with Gasteiger partial charge in [0.15, 0.2) is 0 Å². The SMILES string of the molecule is COC(=O)c1cc(C(=O)NC(C)c2ccccc2Br)cc([N+](=O)[O-])c1. The Labute approximate surface area is 152 Å². The van der Waals surface area contributed by atoms with Crippen LogP contribution in [0.2, 0.25) is 0 Å². The summed E-state index contributed by atoms with van der Waals surface area (Å²) < 4.78 is 5.40. The Hall–Kier alpha value is -2.74. The first kappa shape index (κ1) is 18.6. The average Bonchev–Trinajstić information content (AvgIpc) is 2.60. The van der Waals surface area contributed by atoms with Gasteiger partial charge in [0.05, 0.1) is 23.6 Å². The second kappa shape index (κ2) is 7.89. The quantitative estimate of drug-likeness (QED) is 0.464. The number of carbonyl (C=O) groups excluding carboxylic acids is 2. The van der Waals surface area contributed by atoms with Crippen molar-refractivity contribution in [3.63, 3.8) is 0 Å². The Morgan fingerprint density at radius 3 is 2.44 bits per heavy atom. The Morgan fingerprint density at radius 2 is 1.84 bits per heavy atom. The third-order valence-electron chi connectivity index (χ3n) is 3.53. The highest BCUT2D eigenvalue weighted by Gasteiger charge is 2.20. The normalized spacial score (nSPS) is 11.5. The Bertz CT molecular complexity index is 838. The summed E-state index contributed by atoms with van der Waals surface area (Å²) in [5.41, 5.74) is 0.444. The minimum atomic E-state index is -0.753. The summed E-state index contributed by atoms with van der Waals surface area (Å²) in [6.45, 7) is 1.79. The van der Waals surface area contributed by atoms with Gasteiger partial charge in [-0.25, -0.2) is 4.79 Å². The number of rotatable bonds is 5. The number of halogens is 1. The minimum Gasteiger partial charge on any atom is -0.465 e. The second-order valence-electron chi connectivity index (χ2n) is 5.23. The van der Waals surface area contributed by atoms with E-state index >= 15 is 0 Å². The number of methoxy groups -OCH3 is 1. The molecule has 130 valence electrons. The number of ether oxygens (including phenoxy) is 1. The standard InChI is InChI=1S/C17H15BrN2O5/c1-10(14-5-3-4-6-15(14)18)19-16(21)11-7-12(17(22)25-2)9-13(8-11)20(23)24/h3-10H,1-2H3,(H,19,21). The molecule has 0 aromatic heterocycles. The zero-order valence-corrected chi connectivity index (χ0v) is 15.1. The average molecular weight is 407 g/mol. The molecule has 0 spiro atoms. The zero-order valence-electron chi connectivity index (χ0n) is 13.5. The van der Waals surface area contributed by atoms with Crippen molar-refractivity contribution in [1.29, 1.82) is 0 Å². The van der Waals surface area contributed by atoms with E-state index < -0.39 is 16.8 Å². The van der Waals surface area contributed by atoms with Crippen molar-refractivity contribution in [3.8, 4) is 0 Å². The van der Waals surface area contributed by atoms with E-state index in [2.05, 4.69) is 26.0 Å². The number of carbonyl (C=O) groups is 2. The van der Waals surface area contributed by atoms with E-state index in [-0.39, 0.29) is 22.9 Å². The number of nitrogens with one attached hydrogen (secondary N) is 1. The zero-order chi connectivity index (χ0) is 18.6. The van der Waals surface area contributed by atoms with E-state index in [1.807, 2.05) is 24.3 Å². The van der Waals surface area contributed by atoms with Crippen molar-refractivity contribution in [2.75, 3.05) is 7.11 Å². The fourth-order valence-corrected chi connectivity index (χ4v) is 2.90. The molecule has 7 nitrogen and oxygen atoms in total. The summed E-state index contributed by atoms with van der Waals surface area (Å²) in [5, 5.41) is 13.8. The van der Waals surface area contributed by atoms with Crippen molar-refractivity contribution >= 4 is 33.5 Å². The summed E-state index contributed by atoms with van der Waals surface area (Å²) in [6, 6.07) is 10.5. The van der Waals surface area contributed by atoms with Crippen molar-refractivity contribution in [3.05, 3.63) is 73.7 Å². The van der Waals surface area contributed by atoms with Gasteiger partial charge in [-0.3, -0.25) is 14.9 Å². The fourth-order valence-electron chi connectivity index (χ4n) is 2.27. The van der Waals surface area contributed by atoms with Crippen LogP contribution in [-0.4, -0.2) is 23.9 Å². The number of nitrogens with zero attached hydrogens (tertiary/aromatic N) is 1. The molecule has 0 radical (unpaired) electrons. The lowest BCUT2D eigenvalue weighted by atomic mass is 10.1. The monoisotopic (exact) mass is 406 g/mol. The van der Waals surface area contributed by atoms with Gasteiger partial charge < -0.3 is 10.1 Å². The number of hydrogen-bond donors (Lipinski definition) is 1. The highest BCUT2D eigenvalue weighted by atomic mass is 79.9. The molecule has 0 aliphatic rings. The fraction of sp³-hybridized carbons (Fsp3) is 0.176. The summed E-state index contributed by atoms with van der Waals surface area (Å²) in [4.78, 5) is 34.5. The Kier molecular flexibility index (Phi) is 5.87. The summed E-state index contributed by atoms with van der Waals surface area (Å²) in [7, 11) is 1.16. The molecule has 1 amide bonds. The smallest absolute Gasteiger partial charge is 0.338 e. The van der Waals surface area contributed by atoms with Crippen LogP contribution >= 0.6 is 15.9 Å². The third-order valence-corrected chi connectivity index (χ3v) is 4.25. The predicted molar refractivity (Wildman–Crippen MR) is 94.5 cm³/mol. The van der Waals surface area contributed by atoms with Crippen LogP contribution in [0.15, 0.2) is 46.9 Å². The maximum absolute atomic E-state index is 12.5. The third kappa shape index (κ3) is 4.42. The van der Waals surface area contributed by atoms with E-state index in [0.717, 1.165) is 29.3 Å². The summed E-state index contributed by atoms with van der Waals surface area (Å²) in [6.07, 6.45) is 0. The van der Waals surface area contributed by atoms with Crippen LogP contribution in [-0.2, 0) is 4.74 Å². The molecule has 0 aliphatic carbocycles. The van der Waals surface area contributed by atoms with Crippen LogP contribution in [0.5, 0.6) is 0 Å². The molecule has 0 saturated heterocycles. The van der Waals surface area contributed by atoms with E-state index in [9.17, 15) is 19.7 Å². The summed E-state index contributed by atoms with van der Waals surface area (Å²) >= 11 is 3.41. The van der Waals surface area contributed by atoms with Crippen molar-refractivity contribution < 1.29 is 19.2 Å². The number of amides is 1. The van der Waals surface area contributed by atoms with Gasteiger partial charge in [0.2, 0.25) is 0 Å². The molecule has 0 bridgehead atoms. The number of hydrogen-bond acceptors (Lipinski definition) is 5. The van der Waals surface area contributed by atoms with Gasteiger partial charge in [0.1, 0.15) is 0 Å². The minimum absolute atomic E-state index is 0.00787. The molecular formula is C17H15BrN2O5. The van der Waals surface area contributed by atoms with Crippen LogP contribution < -0.4 is 5.32 Å². The molecule has 2 aromatic rings. The number of benzene rings is 2. The molecule has 2 aromatic carbocycles. The number of esters is 1. The van der Waals surface area contributed by atoms with Crippen LogP contribution in [0.25, 0.3) is 0 Å². The molecule has 0 aliphatic heterocycles. The number of nitro benzene ring substituents is 1. The molecule has 8 heteroatoms. The Morgan fingerprint density at radius 1 is 1.20 bits per heavy atom. The first-order chi connectivity index (χ1) is 11.8. The molecule has 0 fully saturated rings. The molecule has 1 N–H and O–H groups in total. The van der Waals surface area contributed by atoms with Gasteiger partial charge in [0.25, 0.3) is 11.6 Å². The molecule has 1 unspecified atom stereocenters. The van der Waals surface area contributed by atoms with E-state index in [4.69, 9.17) is 0 Å². The lowest BCUT2D eigenvalue weighted by Gasteiger charge is -2.16.